The van der Waals surface area contributed by atoms with E-state index in [4.69, 9.17) is 0 Å². The minimum Gasteiger partial charge on any atom is -0.377 e. The Bertz CT molecular complexity index is 427. The number of rotatable bonds is 0. The zero-order valence-corrected chi connectivity index (χ0v) is 11.9. The average Bonchev–Trinajstić information content (AvgIpc) is 2.13. The highest BCUT2D eigenvalue weighted by atomic mass is 15.2. The SMILES string of the molecule is CN1CC(C)(C)Nc2ccc(C(C)(C)C)cc21. The molecule has 0 spiro atoms. The standard InChI is InChI=1S/C15H24N2/c1-14(2,3)11-7-8-12-13(9-11)17(6)10-15(4,5)16-12/h7-9,16H,10H2,1-6H3. The van der Waals surface area contributed by atoms with Crippen LogP contribution in [0.5, 0.6) is 0 Å². The van der Waals surface area contributed by atoms with E-state index in [1.807, 2.05) is 0 Å². The number of nitrogens with zero attached hydrogens (tertiary/aromatic N) is 1. The zero-order valence-electron chi connectivity index (χ0n) is 11.9. The third-order valence-corrected chi connectivity index (χ3v) is 3.38. The molecule has 2 heteroatoms. The van der Waals surface area contributed by atoms with Crippen molar-refractivity contribution in [1.29, 1.82) is 0 Å². The van der Waals surface area contributed by atoms with E-state index in [2.05, 4.69) is 70.1 Å². The maximum absolute atomic E-state index is 3.60. The topological polar surface area (TPSA) is 15.3 Å². The third kappa shape index (κ3) is 2.41. The summed E-state index contributed by atoms with van der Waals surface area (Å²) < 4.78 is 0. The summed E-state index contributed by atoms with van der Waals surface area (Å²) in [6, 6.07) is 6.77. The van der Waals surface area contributed by atoms with Crippen LogP contribution in [-0.2, 0) is 5.41 Å². The first-order valence-corrected chi connectivity index (χ1v) is 6.33. The Balaban J connectivity index is 2.44. The molecule has 1 N–H and O–H groups in total. The molecule has 1 heterocycles. The van der Waals surface area contributed by atoms with Gasteiger partial charge < -0.3 is 10.2 Å². The van der Waals surface area contributed by atoms with Crippen LogP contribution in [0.2, 0.25) is 0 Å². The van der Waals surface area contributed by atoms with Gasteiger partial charge in [0.1, 0.15) is 0 Å². The van der Waals surface area contributed by atoms with Gasteiger partial charge in [-0.15, -0.1) is 0 Å². The summed E-state index contributed by atoms with van der Waals surface area (Å²) in [5.74, 6) is 0. The van der Waals surface area contributed by atoms with E-state index < -0.39 is 0 Å². The quantitative estimate of drug-likeness (QED) is 0.735. The molecule has 0 saturated carbocycles. The lowest BCUT2D eigenvalue weighted by Gasteiger charge is -2.41. The van der Waals surface area contributed by atoms with Crippen molar-refractivity contribution in [1.82, 2.24) is 0 Å². The van der Waals surface area contributed by atoms with Crippen LogP contribution in [0.1, 0.15) is 40.2 Å². The summed E-state index contributed by atoms with van der Waals surface area (Å²) in [5, 5.41) is 3.60. The fourth-order valence-corrected chi connectivity index (χ4v) is 2.50. The molecule has 1 aliphatic heterocycles. The van der Waals surface area contributed by atoms with Gasteiger partial charge in [-0.3, -0.25) is 0 Å². The van der Waals surface area contributed by atoms with Crippen molar-refractivity contribution < 1.29 is 0 Å². The Kier molecular flexibility index (Phi) is 2.64. The van der Waals surface area contributed by atoms with Crippen LogP contribution in [-0.4, -0.2) is 19.1 Å². The number of nitrogens with one attached hydrogen (secondary N) is 1. The molecular formula is C15H24N2. The molecule has 1 aliphatic rings. The number of likely N-dealkylation sites (N-methyl/N-ethyl adjacent to an activating group) is 1. The number of hydrogen-bond donors (Lipinski definition) is 1. The molecule has 17 heavy (non-hydrogen) atoms. The Hall–Kier alpha value is -1.18. The van der Waals surface area contributed by atoms with E-state index in [-0.39, 0.29) is 11.0 Å². The first-order valence-electron chi connectivity index (χ1n) is 6.33. The molecule has 2 nitrogen and oxygen atoms in total. The summed E-state index contributed by atoms with van der Waals surface area (Å²) >= 11 is 0. The van der Waals surface area contributed by atoms with Crippen molar-refractivity contribution in [2.45, 2.75) is 45.6 Å². The lowest BCUT2D eigenvalue weighted by molar-refractivity contribution is 0.547. The minimum atomic E-state index is 0.144. The number of fused-ring (bicyclic) bond motifs is 1. The highest BCUT2D eigenvalue weighted by Crippen LogP contribution is 2.36. The zero-order chi connectivity index (χ0) is 12.8. The second-order valence-electron chi connectivity index (χ2n) is 6.85. The van der Waals surface area contributed by atoms with Gasteiger partial charge in [0, 0.05) is 19.1 Å². The lowest BCUT2D eigenvalue weighted by Crippen LogP contribution is -2.47. The molecule has 0 unspecified atom stereocenters. The Morgan fingerprint density at radius 2 is 1.88 bits per heavy atom. The molecule has 0 radical (unpaired) electrons. The molecule has 0 atom stereocenters. The van der Waals surface area contributed by atoms with Crippen LogP contribution in [0.15, 0.2) is 18.2 Å². The van der Waals surface area contributed by atoms with E-state index in [0.29, 0.717) is 0 Å². The first-order chi connectivity index (χ1) is 7.69. The molecule has 0 bridgehead atoms. The maximum Gasteiger partial charge on any atom is 0.0603 e. The molecule has 0 amide bonds. The lowest BCUT2D eigenvalue weighted by atomic mass is 9.86. The predicted octanol–water partition coefficient (Wildman–Crippen LogP) is 3.62. The molecular weight excluding hydrogens is 208 g/mol. The van der Waals surface area contributed by atoms with Crippen molar-refractivity contribution >= 4 is 11.4 Å². The molecule has 0 aromatic heterocycles. The molecule has 94 valence electrons. The van der Waals surface area contributed by atoms with Crippen LogP contribution in [0.25, 0.3) is 0 Å². The van der Waals surface area contributed by atoms with Gasteiger partial charge >= 0.3 is 0 Å². The molecule has 0 aliphatic carbocycles. The van der Waals surface area contributed by atoms with Crippen molar-refractivity contribution in [3.05, 3.63) is 23.8 Å². The second-order valence-corrected chi connectivity index (χ2v) is 6.85. The largest absolute Gasteiger partial charge is 0.377 e. The average molecular weight is 232 g/mol. The van der Waals surface area contributed by atoms with Gasteiger partial charge in [-0.25, -0.2) is 0 Å². The molecule has 1 aromatic rings. The van der Waals surface area contributed by atoms with Crippen LogP contribution in [0.3, 0.4) is 0 Å². The molecule has 1 aromatic carbocycles. The normalized spacial score (nSPS) is 18.6. The summed E-state index contributed by atoms with van der Waals surface area (Å²) in [5.41, 5.74) is 4.31. The van der Waals surface area contributed by atoms with E-state index in [1.165, 1.54) is 16.9 Å². The van der Waals surface area contributed by atoms with Crippen LogP contribution in [0, 0.1) is 0 Å². The number of benzene rings is 1. The van der Waals surface area contributed by atoms with Gasteiger partial charge in [0.2, 0.25) is 0 Å². The van der Waals surface area contributed by atoms with Gasteiger partial charge in [-0.2, -0.15) is 0 Å². The summed E-state index contributed by atoms with van der Waals surface area (Å²) in [4.78, 5) is 2.35. The van der Waals surface area contributed by atoms with E-state index in [9.17, 15) is 0 Å². The van der Waals surface area contributed by atoms with Crippen molar-refractivity contribution in [3.63, 3.8) is 0 Å². The second kappa shape index (κ2) is 3.66. The Morgan fingerprint density at radius 3 is 2.47 bits per heavy atom. The van der Waals surface area contributed by atoms with E-state index in [0.717, 1.165) is 6.54 Å². The summed E-state index contributed by atoms with van der Waals surface area (Å²) in [7, 11) is 2.17. The summed E-state index contributed by atoms with van der Waals surface area (Å²) in [6.07, 6.45) is 0. The van der Waals surface area contributed by atoms with Crippen LogP contribution < -0.4 is 10.2 Å². The highest BCUT2D eigenvalue weighted by Gasteiger charge is 2.28. The molecule has 0 fully saturated rings. The van der Waals surface area contributed by atoms with Gasteiger partial charge in [0.05, 0.1) is 11.4 Å². The monoisotopic (exact) mass is 232 g/mol. The van der Waals surface area contributed by atoms with Crippen molar-refractivity contribution in [2.24, 2.45) is 0 Å². The fraction of sp³-hybridized carbons (Fsp3) is 0.600. The highest BCUT2D eigenvalue weighted by molar-refractivity contribution is 5.74. The van der Waals surface area contributed by atoms with Crippen LogP contribution >= 0.6 is 0 Å². The third-order valence-electron chi connectivity index (χ3n) is 3.38. The first kappa shape index (κ1) is 12.3. The Morgan fingerprint density at radius 1 is 1.24 bits per heavy atom. The van der Waals surface area contributed by atoms with E-state index in [1.54, 1.807) is 0 Å². The molecule has 2 rings (SSSR count). The van der Waals surface area contributed by atoms with Crippen molar-refractivity contribution in [2.75, 3.05) is 23.8 Å². The van der Waals surface area contributed by atoms with Crippen LogP contribution in [0.4, 0.5) is 11.4 Å². The maximum atomic E-state index is 3.60. The number of anilines is 2. The summed E-state index contributed by atoms with van der Waals surface area (Å²) in [6.45, 7) is 12.3. The number of hydrogen-bond acceptors (Lipinski definition) is 2. The van der Waals surface area contributed by atoms with Crippen molar-refractivity contribution in [3.8, 4) is 0 Å². The van der Waals surface area contributed by atoms with Gasteiger partial charge in [0.25, 0.3) is 0 Å². The fourth-order valence-electron chi connectivity index (χ4n) is 2.50. The van der Waals surface area contributed by atoms with Gasteiger partial charge in [-0.05, 0) is 37.0 Å². The Labute approximate surface area is 105 Å². The van der Waals surface area contributed by atoms with Gasteiger partial charge in [0.15, 0.2) is 0 Å². The minimum absolute atomic E-state index is 0.144. The van der Waals surface area contributed by atoms with E-state index >= 15 is 0 Å². The smallest absolute Gasteiger partial charge is 0.0603 e. The molecule has 0 saturated heterocycles. The van der Waals surface area contributed by atoms with Gasteiger partial charge in [-0.1, -0.05) is 26.8 Å². The predicted molar refractivity (Wildman–Crippen MR) is 76.1 cm³/mol.